The average molecular weight is 526 g/mol. The van der Waals surface area contributed by atoms with Gasteiger partial charge in [0.1, 0.15) is 24.0 Å². The molecule has 1 heterocycles. The van der Waals surface area contributed by atoms with Gasteiger partial charge in [0.2, 0.25) is 5.88 Å². The number of rotatable bonds is 6. The molecule has 0 fully saturated rings. The van der Waals surface area contributed by atoms with Crippen LogP contribution >= 0.6 is 15.9 Å². The third-order valence-electron chi connectivity index (χ3n) is 5.69. The van der Waals surface area contributed by atoms with Crippen molar-refractivity contribution in [2.45, 2.75) is 31.8 Å². The van der Waals surface area contributed by atoms with E-state index in [2.05, 4.69) is 22.0 Å². The second-order valence-electron chi connectivity index (χ2n) is 7.79. The van der Waals surface area contributed by atoms with E-state index in [1.807, 2.05) is 0 Å². The second-order valence-corrected chi connectivity index (χ2v) is 8.64. The number of nitro groups is 1. The number of hydrogen-bond donors (Lipinski definition) is 1. The predicted molar refractivity (Wildman–Crippen MR) is 125 cm³/mol. The molecule has 0 amide bonds. The first kappa shape index (κ1) is 23.3. The summed E-state index contributed by atoms with van der Waals surface area (Å²) in [6, 6.07) is 11.7. The summed E-state index contributed by atoms with van der Waals surface area (Å²) in [7, 11) is 1.47. The maximum Gasteiger partial charge on any atom is 0.269 e. The number of carbonyl (C=O) groups is 1. The Hall–Kier alpha value is -3.84. The van der Waals surface area contributed by atoms with Gasteiger partial charge in [-0.1, -0.05) is 12.1 Å². The highest BCUT2D eigenvalue weighted by Gasteiger charge is 2.38. The number of methoxy groups -OCH3 is 1. The molecule has 4 rings (SSSR count). The van der Waals surface area contributed by atoms with Gasteiger partial charge in [-0.15, -0.1) is 0 Å². The van der Waals surface area contributed by atoms with Crippen LogP contribution in [0.15, 0.2) is 63.7 Å². The Morgan fingerprint density at radius 1 is 1.32 bits per heavy atom. The van der Waals surface area contributed by atoms with Crippen LogP contribution < -0.4 is 15.2 Å². The van der Waals surface area contributed by atoms with Crippen LogP contribution in [0.5, 0.6) is 11.5 Å². The van der Waals surface area contributed by atoms with Gasteiger partial charge in [0.15, 0.2) is 17.3 Å². The van der Waals surface area contributed by atoms with Gasteiger partial charge < -0.3 is 19.9 Å². The van der Waals surface area contributed by atoms with Gasteiger partial charge in [-0.3, -0.25) is 14.9 Å². The van der Waals surface area contributed by atoms with Crippen LogP contribution in [0.4, 0.5) is 5.69 Å². The SMILES string of the molecule is COc1cc([C@@H]2C(C#N)=C(N)OC3=C2C(=O)CCC3)cc(Br)c1OCc1cccc([N+](=O)[O-])c1. The minimum atomic E-state index is -0.683. The van der Waals surface area contributed by atoms with E-state index in [-0.39, 0.29) is 29.5 Å². The first-order chi connectivity index (χ1) is 16.3. The number of ketones is 1. The predicted octanol–water partition coefficient (Wildman–Crippen LogP) is 4.76. The summed E-state index contributed by atoms with van der Waals surface area (Å²) in [4.78, 5) is 23.4. The molecule has 10 heteroatoms. The summed E-state index contributed by atoms with van der Waals surface area (Å²) in [5.41, 5.74) is 7.83. The number of nitriles is 1. The highest BCUT2D eigenvalue weighted by molar-refractivity contribution is 9.10. The summed E-state index contributed by atoms with van der Waals surface area (Å²) < 4.78 is 17.6. The highest BCUT2D eigenvalue weighted by atomic mass is 79.9. The molecular weight excluding hydrogens is 506 g/mol. The largest absolute Gasteiger partial charge is 0.493 e. The molecule has 9 nitrogen and oxygen atoms in total. The minimum Gasteiger partial charge on any atom is -0.493 e. The number of benzene rings is 2. The molecule has 0 saturated heterocycles. The van der Waals surface area contributed by atoms with Crippen LogP contribution in [0.3, 0.4) is 0 Å². The quantitative estimate of drug-likeness (QED) is 0.420. The minimum absolute atomic E-state index is 0.0120. The van der Waals surface area contributed by atoms with Crippen molar-refractivity contribution in [1.82, 2.24) is 0 Å². The summed E-state index contributed by atoms with van der Waals surface area (Å²) >= 11 is 3.50. The molecule has 0 saturated carbocycles. The normalized spacial score (nSPS) is 17.6. The van der Waals surface area contributed by atoms with Crippen molar-refractivity contribution in [3.8, 4) is 17.6 Å². The van der Waals surface area contributed by atoms with Crippen LogP contribution in [0.2, 0.25) is 0 Å². The molecule has 0 aromatic heterocycles. The maximum absolute atomic E-state index is 12.8. The molecule has 2 aromatic rings. The monoisotopic (exact) mass is 525 g/mol. The van der Waals surface area contributed by atoms with Crippen molar-refractivity contribution in [2.24, 2.45) is 5.73 Å². The zero-order valence-electron chi connectivity index (χ0n) is 18.2. The molecule has 2 N–H and O–H groups in total. The third-order valence-corrected chi connectivity index (χ3v) is 6.28. The summed E-state index contributed by atoms with van der Waals surface area (Å²) in [6.07, 6.45) is 1.61. The van der Waals surface area contributed by atoms with Crippen molar-refractivity contribution in [3.05, 3.63) is 84.9 Å². The van der Waals surface area contributed by atoms with E-state index in [1.54, 1.807) is 24.3 Å². The fraction of sp³-hybridized carbons (Fsp3) is 0.250. The molecule has 2 aliphatic rings. The Morgan fingerprint density at radius 3 is 2.82 bits per heavy atom. The van der Waals surface area contributed by atoms with E-state index >= 15 is 0 Å². The van der Waals surface area contributed by atoms with Gasteiger partial charge in [-0.05, 0) is 45.6 Å². The van der Waals surface area contributed by atoms with E-state index in [4.69, 9.17) is 19.9 Å². The number of nitro benzene ring substituents is 1. The lowest BCUT2D eigenvalue weighted by Crippen LogP contribution is -2.27. The smallest absolute Gasteiger partial charge is 0.269 e. The molecular formula is C24H20BrN3O6. The van der Waals surface area contributed by atoms with Crippen LogP contribution in [0, 0.1) is 21.4 Å². The maximum atomic E-state index is 12.8. The number of Topliss-reactive ketones (excluding diaryl/α,β-unsaturated/α-hetero) is 1. The molecule has 1 atom stereocenters. The topological polar surface area (TPSA) is 138 Å². The number of nitrogens with zero attached hydrogens (tertiary/aromatic N) is 2. The van der Waals surface area contributed by atoms with Crippen LogP contribution in [0.1, 0.15) is 36.3 Å². The average Bonchev–Trinajstić information content (AvgIpc) is 2.82. The van der Waals surface area contributed by atoms with Gasteiger partial charge in [0.25, 0.3) is 5.69 Å². The van der Waals surface area contributed by atoms with Gasteiger partial charge in [0, 0.05) is 30.5 Å². The second kappa shape index (κ2) is 9.57. The van der Waals surface area contributed by atoms with Crippen molar-refractivity contribution in [2.75, 3.05) is 7.11 Å². The lowest BCUT2D eigenvalue weighted by Gasteiger charge is -2.31. The van der Waals surface area contributed by atoms with Crippen molar-refractivity contribution < 1.29 is 23.9 Å². The number of allylic oxidation sites excluding steroid dienone is 3. The van der Waals surface area contributed by atoms with E-state index in [9.17, 15) is 20.2 Å². The fourth-order valence-electron chi connectivity index (χ4n) is 4.15. The van der Waals surface area contributed by atoms with E-state index in [0.717, 1.165) is 0 Å². The highest BCUT2D eigenvalue weighted by Crippen LogP contribution is 2.47. The number of carbonyl (C=O) groups excluding carboxylic acids is 1. The van der Waals surface area contributed by atoms with Gasteiger partial charge in [-0.2, -0.15) is 5.26 Å². The fourth-order valence-corrected chi connectivity index (χ4v) is 4.73. The van der Waals surface area contributed by atoms with Gasteiger partial charge in [-0.25, -0.2) is 0 Å². The third kappa shape index (κ3) is 4.34. The van der Waals surface area contributed by atoms with Crippen LogP contribution in [0.25, 0.3) is 0 Å². The van der Waals surface area contributed by atoms with Crippen molar-refractivity contribution in [3.63, 3.8) is 0 Å². The molecule has 1 aliphatic carbocycles. The Morgan fingerprint density at radius 2 is 2.12 bits per heavy atom. The molecule has 0 bridgehead atoms. The summed E-state index contributed by atoms with van der Waals surface area (Å²) in [5.74, 6) is 0.470. The number of ether oxygens (including phenoxy) is 3. The molecule has 174 valence electrons. The Kier molecular flexibility index (Phi) is 6.56. The summed E-state index contributed by atoms with van der Waals surface area (Å²) in [6.45, 7) is 0.0668. The number of hydrogen-bond acceptors (Lipinski definition) is 8. The Bertz CT molecular complexity index is 1290. The molecule has 34 heavy (non-hydrogen) atoms. The lowest BCUT2D eigenvalue weighted by atomic mass is 9.77. The lowest BCUT2D eigenvalue weighted by molar-refractivity contribution is -0.384. The molecule has 0 radical (unpaired) electrons. The van der Waals surface area contributed by atoms with E-state index in [1.165, 1.54) is 19.2 Å². The zero-order valence-corrected chi connectivity index (χ0v) is 19.8. The first-order valence-electron chi connectivity index (χ1n) is 10.4. The Balaban J connectivity index is 1.71. The van der Waals surface area contributed by atoms with E-state index < -0.39 is 10.8 Å². The number of non-ortho nitro benzene ring substituents is 1. The summed E-state index contributed by atoms with van der Waals surface area (Å²) in [5, 5.41) is 20.8. The number of nitrogens with two attached hydrogens (primary N) is 1. The van der Waals surface area contributed by atoms with Crippen LogP contribution in [-0.2, 0) is 16.1 Å². The van der Waals surface area contributed by atoms with Gasteiger partial charge in [0.05, 0.1) is 22.4 Å². The molecule has 0 unspecified atom stereocenters. The molecule has 2 aromatic carbocycles. The Labute approximate surface area is 203 Å². The van der Waals surface area contributed by atoms with Crippen molar-refractivity contribution in [1.29, 1.82) is 5.26 Å². The zero-order chi connectivity index (χ0) is 24.4. The van der Waals surface area contributed by atoms with Crippen molar-refractivity contribution >= 4 is 27.4 Å². The number of halogens is 1. The van der Waals surface area contributed by atoms with Crippen LogP contribution in [-0.4, -0.2) is 17.8 Å². The first-order valence-corrected chi connectivity index (χ1v) is 11.2. The molecule has 0 spiro atoms. The van der Waals surface area contributed by atoms with E-state index in [0.29, 0.717) is 57.7 Å². The van der Waals surface area contributed by atoms with Gasteiger partial charge >= 0.3 is 0 Å². The molecule has 1 aliphatic heterocycles. The standard InChI is InChI=1S/C24H20BrN3O6/c1-32-20-10-14(21-16(11-26)24(27)34-19-7-3-6-18(29)22(19)21)9-17(25)23(20)33-12-13-4-2-5-15(8-13)28(30)31/h2,4-5,8-10,21H,3,6-7,12,27H2,1H3/t21-/m1/s1.